The zero-order valence-corrected chi connectivity index (χ0v) is 28.0. The number of hydrogen-bond donors (Lipinski definition) is 2. The summed E-state index contributed by atoms with van der Waals surface area (Å²) in [5.74, 6) is -2.23. The van der Waals surface area contributed by atoms with Gasteiger partial charge in [-0.15, -0.1) is 0 Å². The van der Waals surface area contributed by atoms with E-state index in [1.165, 1.54) is 0 Å². The molecule has 8 nitrogen and oxygen atoms in total. The first-order valence-corrected chi connectivity index (χ1v) is 17.0. The second-order valence-corrected chi connectivity index (χ2v) is 12.7. The molecule has 5 heterocycles. The molecule has 9 rings (SSSR count). The number of carbonyl (C=O) groups excluding carboxylic acids is 2. The Hall–Kier alpha value is -7.45. The van der Waals surface area contributed by atoms with Crippen LogP contribution in [0.1, 0.15) is 37.7 Å². The molecular formula is C45H28N4O4. The molecule has 0 aliphatic carbocycles. The maximum atomic E-state index is 14.7. The fourth-order valence-corrected chi connectivity index (χ4v) is 7.16. The Kier molecular flexibility index (Phi) is 7.56. The van der Waals surface area contributed by atoms with Gasteiger partial charge < -0.3 is 14.7 Å². The van der Waals surface area contributed by atoms with Gasteiger partial charge in [0.15, 0.2) is 5.71 Å². The first-order valence-electron chi connectivity index (χ1n) is 17.0. The Labute approximate surface area is 303 Å². The number of ketones is 2. The fourth-order valence-electron chi connectivity index (χ4n) is 7.16. The number of Topliss-reactive ketones (excluding diaryl/α,β-unsaturated/α-hetero) is 2. The molecule has 6 aromatic rings. The van der Waals surface area contributed by atoms with Gasteiger partial charge in [-0.2, -0.15) is 0 Å². The summed E-state index contributed by atoms with van der Waals surface area (Å²) in [5.41, 5.74) is 5.71. The maximum Gasteiger partial charge on any atom is 0.338 e. The molecule has 8 bridgehead atoms. The number of hydrogen-bond acceptors (Lipinski definition) is 5. The number of H-pyrrole nitrogens is 1. The van der Waals surface area contributed by atoms with E-state index in [1.807, 2.05) is 138 Å². The number of nitrogens with zero attached hydrogens (tertiary/aromatic N) is 3. The lowest BCUT2D eigenvalue weighted by molar-refractivity contribution is -0.107. The van der Waals surface area contributed by atoms with Crippen molar-refractivity contribution in [1.29, 1.82) is 0 Å². The molecule has 4 aromatic carbocycles. The van der Waals surface area contributed by atoms with Crippen LogP contribution in [-0.2, 0) is 4.79 Å². The predicted molar refractivity (Wildman–Crippen MR) is 206 cm³/mol. The van der Waals surface area contributed by atoms with Gasteiger partial charge in [-0.05, 0) is 65.3 Å². The van der Waals surface area contributed by atoms with E-state index in [4.69, 9.17) is 9.98 Å². The van der Waals surface area contributed by atoms with Gasteiger partial charge in [0.2, 0.25) is 11.6 Å². The van der Waals surface area contributed by atoms with Gasteiger partial charge in [0.25, 0.3) is 0 Å². The Morgan fingerprint density at radius 2 is 1.23 bits per heavy atom. The van der Waals surface area contributed by atoms with Crippen molar-refractivity contribution < 1.29 is 19.5 Å². The van der Waals surface area contributed by atoms with Crippen LogP contribution in [0.2, 0.25) is 0 Å². The minimum atomic E-state index is -1.15. The van der Waals surface area contributed by atoms with Crippen LogP contribution in [0.3, 0.4) is 0 Å². The van der Waals surface area contributed by atoms with Crippen LogP contribution in [-0.4, -0.2) is 43.6 Å². The molecule has 0 radical (unpaired) electrons. The largest absolute Gasteiger partial charge is 0.478 e. The fraction of sp³-hybridized carbons (Fsp3) is 0. The average molecular weight is 689 g/mol. The summed E-state index contributed by atoms with van der Waals surface area (Å²) >= 11 is 0. The van der Waals surface area contributed by atoms with Crippen LogP contribution in [0.5, 0.6) is 0 Å². The van der Waals surface area contributed by atoms with E-state index in [0.717, 1.165) is 0 Å². The van der Waals surface area contributed by atoms with Crippen LogP contribution in [0.4, 0.5) is 0 Å². The number of aromatic nitrogens is 2. The number of aromatic carboxylic acids is 1. The molecule has 2 N–H and O–H groups in total. The average Bonchev–Trinajstić information content (AvgIpc) is 3.99. The van der Waals surface area contributed by atoms with Crippen molar-refractivity contribution in [3.05, 3.63) is 196 Å². The summed E-state index contributed by atoms with van der Waals surface area (Å²) in [4.78, 5) is 55.7. The first-order chi connectivity index (χ1) is 26.0. The van der Waals surface area contributed by atoms with Gasteiger partial charge in [0, 0.05) is 22.5 Å². The van der Waals surface area contributed by atoms with Gasteiger partial charge in [-0.1, -0.05) is 109 Å². The smallest absolute Gasteiger partial charge is 0.338 e. The summed E-state index contributed by atoms with van der Waals surface area (Å²) in [5, 5.41) is 12.1. The Bertz CT molecular complexity index is 2800. The zero-order valence-electron chi connectivity index (χ0n) is 28.0. The molecule has 2 aromatic heterocycles. The van der Waals surface area contributed by atoms with Crippen molar-refractivity contribution in [3.63, 3.8) is 0 Å². The van der Waals surface area contributed by atoms with E-state index in [-0.39, 0.29) is 28.2 Å². The number of carboxylic acids is 1. The highest BCUT2D eigenvalue weighted by atomic mass is 16.4. The molecule has 0 saturated heterocycles. The summed E-state index contributed by atoms with van der Waals surface area (Å²) in [7, 11) is 0. The van der Waals surface area contributed by atoms with E-state index in [2.05, 4.69) is 4.98 Å². The minimum absolute atomic E-state index is 0.0429. The molecule has 0 saturated carbocycles. The number of nitrogens with one attached hydrogen (secondary N) is 1. The van der Waals surface area contributed by atoms with E-state index < -0.39 is 17.5 Å². The third-order valence-electron chi connectivity index (χ3n) is 9.44. The van der Waals surface area contributed by atoms with Crippen LogP contribution >= 0.6 is 0 Å². The molecule has 0 unspecified atom stereocenters. The van der Waals surface area contributed by atoms with Gasteiger partial charge in [-0.3, -0.25) is 9.59 Å². The molecule has 0 atom stereocenters. The van der Waals surface area contributed by atoms with Crippen molar-refractivity contribution in [2.75, 3.05) is 0 Å². The van der Waals surface area contributed by atoms with E-state index in [9.17, 15) is 19.5 Å². The molecule has 3 aliphatic heterocycles. The van der Waals surface area contributed by atoms with Crippen LogP contribution in [0.25, 0.3) is 40.1 Å². The highest BCUT2D eigenvalue weighted by molar-refractivity contribution is 6.78. The second kappa shape index (κ2) is 12.7. The first kappa shape index (κ1) is 31.5. The number of para-hydroxylation sites is 1. The Morgan fingerprint density at radius 3 is 1.87 bits per heavy atom. The maximum absolute atomic E-state index is 14.7. The molecule has 0 fully saturated rings. The van der Waals surface area contributed by atoms with Gasteiger partial charge in [-0.25, -0.2) is 14.8 Å². The lowest BCUT2D eigenvalue weighted by atomic mass is 9.91. The van der Waals surface area contributed by atoms with Gasteiger partial charge >= 0.3 is 5.97 Å². The van der Waals surface area contributed by atoms with Crippen molar-refractivity contribution in [1.82, 2.24) is 9.55 Å². The lowest BCUT2D eigenvalue weighted by Crippen LogP contribution is -2.30. The number of allylic oxidation sites excluding steroid dienone is 4. The third-order valence-corrected chi connectivity index (χ3v) is 9.44. The Balaban J connectivity index is 1.59. The third kappa shape index (κ3) is 5.37. The monoisotopic (exact) mass is 688 g/mol. The normalized spacial score (nSPS) is 14.9. The number of aliphatic imine (C=N–C) groups is 2. The highest BCUT2D eigenvalue weighted by Crippen LogP contribution is 2.37. The number of carbonyl (C=O) groups is 3. The number of aromatic amines is 1. The summed E-state index contributed by atoms with van der Waals surface area (Å²) in [6, 6.07) is 40.8. The molecule has 8 heteroatoms. The van der Waals surface area contributed by atoms with E-state index in [0.29, 0.717) is 61.3 Å². The van der Waals surface area contributed by atoms with Crippen LogP contribution in [0, 0.1) is 0 Å². The SMILES string of the molecule is O=C1C2=NC(=C1c1ccccc1)C(c1ccccc1)=c1c(-c3ccccc3)c(C(=O)O)c(n1-c1ccccc1)=CC1=NC(=Cc3ccc([nH]3)C2=O)C=C1. The van der Waals surface area contributed by atoms with Crippen LogP contribution < -0.4 is 10.7 Å². The van der Waals surface area contributed by atoms with Crippen molar-refractivity contribution in [2.24, 2.45) is 9.98 Å². The lowest BCUT2D eigenvalue weighted by Gasteiger charge is -2.15. The molecule has 0 amide bonds. The molecule has 53 heavy (non-hydrogen) atoms. The number of carboxylic acid groups (broad SMARTS) is 1. The predicted octanol–water partition coefficient (Wildman–Crippen LogP) is 6.83. The van der Waals surface area contributed by atoms with Gasteiger partial charge in [0.05, 0.1) is 44.6 Å². The zero-order chi connectivity index (χ0) is 36.1. The standard InChI is InChI=1S/C45H28N4O4/c50-43-34-24-23-31(47-34)25-30-21-22-32(46-30)26-35-39(45(52)53)36(27-13-5-1-6-14-27)42(49(35)33-19-11-4-12-20-33)37(28-15-7-2-8-16-28)40-38(44(51)41(43)48-40)29-17-9-3-10-18-29/h1-26,47H,(H,52,53). The van der Waals surface area contributed by atoms with Crippen molar-refractivity contribution in [3.8, 4) is 16.8 Å². The Morgan fingerprint density at radius 1 is 0.623 bits per heavy atom. The molecule has 0 spiro atoms. The van der Waals surface area contributed by atoms with Crippen LogP contribution in [0.15, 0.2) is 167 Å². The summed E-state index contributed by atoms with van der Waals surface area (Å²) in [6.07, 6.45) is 7.23. The molecule has 3 aliphatic rings. The minimum Gasteiger partial charge on any atom is -0.478 e. The number of benzene rings is 4. The van der Waals surface area contributed by atoms with Crippen molar-refractivity contribution in [2.45, 2.75) is 0 Å². The van der Waals surface area contributed by atoms with E-state index in [1.54, 1.807) is 24.3 Å². The topological polar surface area (TPSA) is 117 Å². The van der Waals surface area contributed by atoms with Gasteiger partial charge in [0.1, 0.15) is 0 Å². The van der Waals surface area contributed by atoms with Crippen molar-refractivity contribution >= 4 is 52.3 Å². The molecular weight excluding hydrogens is 661 g/mol. The summed E-state index contributed by atoms with van der Waals surface area (Å²) < 4.78 is 1.91. The molecule has 252 valence electrons. The number of fused-ring (bicyclic) bond motifs is 6. The highest BCUT2D eigenvalue weighted by Gasteiger charge is 2.37. The second-order valence-electron chi connectivity index (χ2n) is 12.7. The number of rotatable bonds is 5. The van der Waals surface area contributed by atoms with E-state index >= 15 is 0 Å². The quantitative estimate of drug-likeness (QED) is 0.207. The summed E-state index contributed by atoms with van der Waals surface area (Å²) in [6.45, 7) is 0.